The molecule has 1 aliphatic rings. The van der Waals surface area contributed by atoms with Crippen molar-refractivity contribution >= 4 is 23.3 Å². The van der Waals surface area contributed by atoms with E-state index >= 15 is 0 Å². The summed E-state index contributed by atoms with van der Waals surface area (Å²) in [6, 6.07) is 3.50. The second-order valence-electron chi connectivity index (χ2n) is 6.30. The molecule has 0 saturated heterocycles. The third-order valence-corrected chi connectivity index (χ3v) is 4.74. The zero-order valence-corrected chi connectivity index (χ0v) is 15.0. The summed E-state index contributed by atoms with van der Waals surface area (Å²) >= 11 is 5.76. The summed E-state index contributed by atoms with van der Waals surface area (Å²) in [7, 11) is 0. The predicted molar refractivity (Wildman–Crippen MR) is 94.7 cm³/mol. The molecule has 1 atom stereocenters. The van der Waals surface area contributed by atoms with Gasteiger partial charge in [0, 0.05) is 5.69 Å². The minimum absolute atomic E-state index is 0.0689. The number of carbonyl (C=O) groups excluding carboxylic acids is 1. The second-order valence-corrected chi connectivity index (χ2v) is 6.70. The van der Waals surface area contributed by atoms with Crippen molar-refractivity contribution in [2.45, 2.75) is 26.1 Å². The summed E-state index contributed by atoms with van der Waals surface area (Å²) in [5.41, 5.74) is 1.74. The molecule has 3 aromatic rings. The van der Waals surface area contributed by atoms with Crippen LogP contribution in [0.25, 0.3) is 5.69 Å². The van der Waals surface area contributed by atoms with E-state index < -0.39 is 11.6 Å². The maximum atomic E-state index is 13.3. The minimum atomic E-state index is -0.555. The molecule has 0 saturated carbocycles. The van der Waals surface area contributed by atoms with Crippen molar-refractivity contribution in [2.24, 2.45) is 0 Å². The summed E-state index contributed by atoms with van der Waals surface area (Å²) < 4.78 is 29.8. The predicted octanol–water partition coefficient (Wildman–Crippen LogP) is 3.44. The van der Waals surface area contributed by atoms with Crippen molar-refractivity contribution in [3.8, 4) is 5.69 Å². The van der Waals surface area contributed by atoms with Crippen LogP contribution in [0.1, 0.15) is 12.6 Å². The molecule has 0 fully saturated rings. The van der Waals surface area contributed by atoms with E-state index in [4.69, 9.17) is 11.6 Å². The summed E-state index contributed by atoms with van der Waals surface area (Å²) in [4.78, 5) is 14.3. The van der Waals surface area contributed by atoms with E-state index in [1.54, 1.807) is 15.8 Å². The quantitative estimate of drug-likeness (QED) is 0.726. The van der Waals surface area contributed by atoms with Gasteiger partial charge >= 0.3 is 6.03 Å². The molecule has 1 unspecified atom stereocenters. The number of benzene rings is 1. The molecule has 27 heavy (non-hydrogen) atoms. The molecule has 10 heteroatoms. The van der Waals surface area contributed by atoms with E-state index in [0.29, 0.717) is 17.9 Å². The fraction of sp³-hybridized carbons (Fsp3) is 0.235. The second kappa shape index (κ2) is 6.66. The fourth-order valence-electron chi connectivity index (χ4n) is 3.05. The van der Waals surface area contributed by atoms with E-state index in [1.165, 1.54) is 29.1 Å². The number of anilines is 1. The lowest BCUT2D eigenvalue weighted by atomic mass is 10.2. The molecule has 140 valence electrons. The molecular formula is C17H15ClF2N6O. The third-order valence-electron chi connectivity index (χ3n) is 4.45. The summed E-state index contributed by atoms with van der Waals surface area (Å²) in [5.74, 6) is -1.01. The zero-order chi connectivity index (χ0) is 19.1. The van der Waals surface area contributed by atoms with Crippen LogP contribution in [0.2, 0.25) is 5.02 Å². The van der Waals surface area contributed by atoms with Gasteiger partial charge in [0.25, 0.3) is 0 Å². The first kappa shape index (κ1) is 17.5. The van der Waals surface area contributed by atoms with Gasteiger partial charge in [-0.05, 0) is 25.1 Å². The molecule has 7 nitrogen and oxygen atoms in total. The lowest BCUT2D eigenvalue weighted by molar-refractivity contribution is 0.161. The SMILES string of the molecule is CC1Cn2ncc(-n3cc(F)cn3)c2CN1C(=O)Nc1ccc(F)c(Cl)c1. The average molecular weight is 393 g/mol. The minimum Gasteiger partial charge on any atom is -0.314 e. The van der Waals surface area contributed by atoms with E-state index in [1.807, 2.05) is 6.92 Å². The largest absolute Gasteiger partial charge is 0.322 e. The molecule has 0 aliphatic carbocycles. The summed E-state index contributed by atoms with van der Waals surface area (Å²) in [6.45, 7) is 2.64. The standard InChI is InChI=1S/C17H15ClF2N6O/c1-10-7-25-16(15(6-22-25)26-8-11(19)5-21-26)9-24(10)17(27)23-12-2-3-14(20)13(18)4-12/h2-6,8,10H,7,9H2,1H3,(H,23,27). The Hall–Kier alpha value is -2.94. The van der Waals surface area contributed by atoms with Crippen LogP contribution in [-0.2, 0) is 13.1 Å². The Morgan fingerprint density at radius 1 is 1.30 bits per heavy atom. The summed E-state index contributed by atoms with van der Waals surface area (Å²) in [6.07, 6.45) is 3.95. The Balaban J connectivity index is 1.58. The summed E-state index contributed by atoms with van der Waals surface area (Å²) in [5, 5.41) is 10.9. The van der Waals surface area contributed by atoms with Crippen LogP contribution in [0.15, 0.2) is 36.8 Å². The number of nitrogens with one attached hydrogen (secondary N) is 1. The third kappa shape index (κ3) is 3.25. The maximum Gasteiger partial charge on any atom is 0.322 e. The Morgan fingerprint density at radius 2 is 2.11 bits per heavy atom. The first-order valence-electron chi connectivity index (χ1n) is 8.20. The number of hydrogen-bond donors (Lipinski definition) is 1. The number of rotatable bonds is 2. The number of halogens is 3. The van der Waals surface area contributed by atoms with Gasteiger partial charge in [-0.2, -0.15) is 10.2 Å². The van der Waals surface area contributed by atoms with Crippen molar-refractivity contribution in [3.05, 3.63) is 59.1 Å². The van der Waals surface area contributed by atoms with Crippen LogP contribution in [0.5, 0.6) is 0 Å². The Morgan fingerprint density at radius 3 is 2.81 bits per heavy atom. The number of aromatic nitrogens is 4. The number of nitrogens with zero attached hydrogens (tertiary/aromatic N) is 5. The molecule has 2 amide bonds. The van der Waals surface area contributed by atoms with Crippen LogP contribution in [-0.4, -0.2) is 36.5 Å². The van der Waals surface area contributed by atoms with Crippen molar-refractivity contribution in [3.63, 3.8) is 0 Å². The van der Waals surface area contributed by atoms with Gasteiger partial charge in [0.15, 0.2) is 5.82 Å². The highest BCUT2D eigenvalue weighted by atomic mass is 35.5. The number of carbonyl (C=O) groups is 1. The Kier molecular flexibility index (Phi) is 4.31. The topological polar surface area (TPSA) is 68.0 Å². The van der Waals surface area contributed by atoms with Gasteiger partial charge in [-0.15, -0.1) is 0 Å². The molecule has 2 aromatic heterocycles. The van der Waals surface area contributed by atoms with Crippen LogP contribution in [0.4, 0.5) is 19.3 Å². The van der Waals surface area contributed by atoms with Crippen LogP contribution >= 0.6 is 11.6 Å². The molecule has 4 rings (SSSR count). The van der Waals surface area contributed by atoms with Crippen molar-refractivity contribution in [2.75, 3.05) is 5.32 Å². The van der Waals surface area contributed by atoms with Gasteiger partial charge in [-0.25, -0.2) is 18.3 Å². The smallest absolute Gasteiger partial charge is 0.314 e. The first-order chi connectivity index (χ1) is 12.9. The molecule has 1 N–H and O–H groups in total. The highest BCUT2D eigenvalue weighted by molar-refractivity contribution is 6.31. The highest BCUT2D eigenvalue weighted by Gasteiger charge is 2.30. The van der Waals surface area contributed by atoms with Gasteiger partial charge < -0.3 is 10.2 Å². The van der Waals surface area contributed by atoms with E-state index in [0.717, 1.165) is 11.9 Å². The number of amides is 2. The van der Waals surface area contributed by atoms with Gasteiger partial charge in [0.2, 0.25) is 0 Å². The zero-order valence-electron chi connectivity index (χ0n) is 14.2. The number of hydrogen-bond acceptors (Lipinski definition) is 3. The number of urea groups is 1. The van der Waals surface area contributed by atoms with Crippen molar-refractivity contribution in [1.29, 1.82) is 0 Å². The molecule has 3 heterocycles. The van der Waals surface area contributed by atoms with Gasteiger partial charge in [0.05, 0.1) is 48.4 Å². The monoisotopic (exact) mass is 392 g/mol. The molecule has 0 bridgehead atoms. The van der Waals surface area contributed by atoms with E-state index in [9.17, 15) is 13.6 Å². The first-order valence-corrected chi connectivity index (χ1v) is 8.58. The molecule has 1 aliphatic heterocycles. The van der Waals surface area contributed by atoms with Crippen molar-refractivity contribution < 1.29 is 13.6 Å². The molecule has 1 aromatic carbocycles. The lowest BCUT2D eigenvalue weighted by Crippen LogP contribution is -2.47. The maximum absolute atomic E-state index is 13.3. The number of fused-ring (bicyclic) bond motifs is 1. The van der Waals surface area contributed by atoms with Gasteiger partial charge in [-0.3, -0.25) is 4.68 Å². The average Bonchev–Trinajstić information content (AvgIpc) is 3.23. The van der Waals surface area contributed by atoms with Crippen LogP contribution in [0, 0.1) is 11.6 Å². The highest BCUT2D eigenvalue weighted by Crippen LogP contribution is 2.25. The van der Waals surface area contributed by atoms with Crippen molar-refractivity contribution in [1.82, 2.24) is 24.5 Å². The van der Waals surface area contributed by atoms with Gasteiger partial charge in [-0.1, -0.05) is 11.6 Å². The van der Waals surface area contributed by atoms with Gasteiger partial charge in [0.1, 0.15) is 11.5 Å². The molecular weight excluding hydrogens is 378 g/mol. The van der Waals surface area contributed by atoms with E-state index in [-0.39, 0.29) is 23.6 Å². The van der Waals surface area contributed by atoms with E-state index in [2.05, 4.69) is 15.5 Å². The Labute approximate surface area is 158 Å². The van der Waals surface area contributed by atoms with Crippen LogP contribution < -0.4 is 5.32 Å². The lowest BCUT2D eigenvalue weighted by Gasteiger charge is -2.34. The molecule has 0 spiro atoms. The Bertz CT molecular complexity index is 1020. The molecule has 0 radical (unpaired) electrons. The fourth-order valence-corrected chi connectivity index (χ4v) is 3.23. The van der Waals surface area contributed by atoms with Crippen LogP contribution in [0.3, 0.4) is 0 Å². The normalized spacial score (nSPS) is 16.3.